The fourth-order valence-electron chi connectivity index (χ4n) is 3.51. The number of carboxylic acids is 1. The van der Waals surface area contributed by atoms with Gasteiger partial charge in [-0.3, -0.25) is 4.79 Å². The first-order valence-corrected chi connectivity index (χ1v) is 10.2. The Balaban J connectivity index is 2.01. The summed E-state index contributed by atoms with van der Waals surface area (Å²) in [6.45, 7) is 5.85. The van der Waals surface area contributed by atoms with Gasteiger partial charge in [-0.1, -0.05) is 23.8 Å². The summed E-state index contributed by atoms with van der Waals surface area (Å²) in [7, 11) is 0. The van der Waals surface area contributed by atoms with Crippen LogP contribution in [-0.2, 0) is 4.79 Å². The van der Waals surface area contributed by atoms with Crippen LogP contribution < -0.4 is 4.90 Å². The summed E-state index contributed by atoms with van der Waals surface area (Å²) >= 11 is 1.11. The van der Waals surface area contributed by atoms with E-state index in [2.05, 4.69) is 13.0 Å². The lowest BCUT2D eigenvalue weighted by Gasteiger charge is -2.31. The molecule has 1 amide bonds. The van der Waals surface area contributed by atoms with Crippen molar-refractivity contribution in [1.29, 1.82) is 0 Å². The molecule has 148 valence electrons. The zero-order valence-electron chi connectivity index (χ0n) is 16.2. The van der Waals surface area contributed by atoms with Crippen molar-refractivity contribution in [2.75, 3.05) is 4.90 Å². The van der Waals surface area contributed by atoms with Gasteiger partial charge in [0.05, 0.1) is 5.69 Å². The van der Waals surface area contributed by atoms with Gasteiger partial charge in [-0.25, -0.2) is 9.18 Å². The Kier molecular flexibility index (Phi) is 5.98. The van der Waals surface area contributed by atoms with Crippen molar-refractivity contribution in [2.45, 2.75) is 46.1 Å². The summed E-state index contributed by atoms with van der Waals surface area (Å²) in [5, 5.41) is 9.73. The van der Waals surface area contributed by atoms with E-state index in [9.17, 15) is 19.1 Å². The Hall–Kier alpha value is -2.47. The Morgan fingerprint density at radius 2 is 1.93 bits per heavy atom. The molecule has 1 heterocycles. The SMILES string of the molecule is CC1=CCC(C(=O)N(c2cc(-c3ccc(F)cc3)sc2C(=O)O)C(C)C)CC1. The molecular weight excluding hydrogens is 377 g/mol. The van der Waals surface area contributed by atoms with E-state index in [0.29, 0.717) is 17.0 Å². The van der Waals surface area contributed by atoms with E-state index >= 15 is 0 Å². The summed E-state index contributed by atoms with van der Waals surface area (Å²) in [4.78, 5) is 27.6. The minimum atomic E-state index is -1.06. The molecule has 2 aromatic rings. The standard InChI is InChI=1S/C22H24FNO3S/c1-13(2)24(21(25)16-6-4-14(3)5-7-16)18-12-19(28-20(18)22(26)27)15-8-10-17(23)11-9-15/h4,8-13,16H,5-7H2,1-3H3,(H,26,27). The van der Waals surface area contributed by atoms with Crippen molar-refractivity contribution in [1.82, 2.24) is 0 Å². The minimum Gasteiger partial charge on any atom is -0.477 e. The molecule has 1 aromatic heterocycles. The number of rotatable bonds is 5. The molecule has 0 spiro atoms. The van der Waals surface area contributed by atoms with E-state index in [4.69, 9.17) is 0 Å². The van der Waals surface area contributed by atoms with Crippen LogP contribution in [0.4, 0.5) is 10.1 Å². The zero-order chi connectivity index (χ0) is 20.4. The second-order valence-electron chi connectivity index (χ2n) is 7.46. The van der Waals surface area contributed by atoms with E-state index in [1.165, 1.54) is 17.7 Å². The Labute approximate surface area is 168 Å². The molecule has 1 N–H and O–H groups in total. The highest BCUT2D eigenvalue weighted by Crippen LogP contribution is 2.39. The Bertz CT molecular complexity index is 914. The van der Waals surface area contributed by atoms with Crippen molar-refractivity contribution in [3.05, 3.63) is 52.7 Å². The number of benzene rings is 1. The second kappa shape index (κ2) is 8.27. The number of hydrogen-bond acceptors (Lipinski definition) is 3. The van der Waals surface area contributed by atoms with Crippen molar-refractivity contribution in [2.24, 2.45) is 5.92 Å². The van der Waals surface area contributed by atoms with E-state index in [-0.39, 0.29) is 28.6 Å². The lowest BCUT2D eigenvalue weighted by Crippen LogP contribution is -2.42. The van der Waals surface area contributed by atoms with Gasteiger partial charge in [0, 0.05) is 16.8 Å². The molecule has 1 aromatic carbocycles. The number of halogens is 1. The number of carbonyl (C=O) groups excluding carboxylic acids is 1. The first-order chi connectivity index (χ1) is 13.3. The molecule has 0 bridgehead atoms. The maximum atomic E-state index is 13.3. The molecular formula is C22H24FNO3S. The fraction of sp³-hybridized carbons (Fsp3) is 0.364. The van der Waals surface area contributed by atoms with Gasteiger partial charge in [0.15, 0.2) is 0 Å². The van der Waals surface area contributed by atoms with Crippen LogP contribution in [0.3, 0.4) is 0 Å². The Morgan fingerprint density at radius 1 is 1.25 bits per heavy atom. The first-order valence-electron chi connectivity index (χ1n) is 9.39. The molecule has 1 aliphatic carbocycles. The molecule has 1 atom stereocenters. The van der Waals surface area contributed by atoms with Gasteiger partial charge in [-0.15, -0.1) is 11.3 Å². The third-order valence-corrected chi connectivity index (χ3v) is 6.20. The predicted molar refractivity (Wildman–Crippen MR) is 110 cm³/mol. The maximum absolute atomic E-state index is 13.3. The average Bonchev–Trinajstić information content (AvgIpc) is 3.07. The summed E-state index contributed by atoms with van der Waals surface area (Å²) in [5.74, 6) is -1.59. The van der Waals surface area contributed by atoms with Crippen molar-refractivity contribution in [3.8, 4) is 10.4 Å². The van der Waals surface area contributed by atoms with Crippen LogP contribution in [0.5, 0.6) is 0 Å². The van der Waals surface area contributed by atoms with Crippen molar-refractivity contribution >= 4 is 28.9 Å². The van der Waals surface area contributed by atoms with Gasteiger partial charge in [0.1, 0.15) is 10.7 Å². The summed E-state index contributed by atoms with van der Waals surface area (Å²) in [5.41, 5.74) is 2.44. The normalized spacial score (nSPS) is 16.8. The highest BCUT2D eigenvalue weighted by Gasteiger charge is 2.32. The second-order valence-corrected chi connectivity index (χ2v) is 8.51. The van der Waals surface area contributed by atoms with Gasteiger partial charge < -0.3 is 10.0 Å². The van der Waals surface area contributed by atoms with Gasteiger partial charge >= 0.3 is 5.97 Å². The van der Waals surface area contributed by atoms with Crippen LogP contribution in [0.2, 0.25) is 0 Å². The predicted octanol–water partition coefficient (Wildman–Crippen LogP) is 5.74. The van der Waals surface area contributed by atoms with E-state index in [0.717, 1.165) is 29.7 Å². The number of carbonyl (C=O) groups is 2. The minimum absolute atomic E-state index is 0.0373. The summed E-state index contributed by atoms with van der Waals surface area (Å²) in [6, 6.07) is 7.49. The number of allylic oxidation sites excluding steroid dienone is 2. The highest BCUT2D eigenvalue weighted by molar-refractivity contribution is 7.18. The molecule has 0 saturated heterocycles. The van der Waals surface area contributed by atoms with Crippen molar-refractivity contribution in [3.63, 3.8) is 0 Å². The molecule has 4 nitrogen and oxygen atoms in total. The Morgan fingerprint density at radius 3 is 2.46 bits per heavy atom. The molecule has 1 aliphatic rings. The molecule has 3 rings (SSSR count). The van der Waals surface area contributed by atoms with Crippen LogP contribution in [0.15, 0.2) is 42.0 Å². The number of carboxylic acid groups (broad SMARTS) is 1. The molecule has 0 saturated carbocycles. The molecule has 0 radical (unpaired) electrons. The molecule has 1 unspecified atom stereocenters. The van der Waals surface area contributed by atoms with E-state index in [1.54, 1.807) is 23.1 Å². The quantitative estimate of drug-likeness (QED) is 0.650. The van der Waals surface area contributed by atoms with Crippen LogP contribution >= 0.6 is 11.3 Å². The van der Waals surface area contributed by atoms with Crippen LogP contribution in [0.1, 0.15) is 49.7 Å². The number of anilines is 1. The first kappa shape index (κ1) is 20.3. The number of amides is 1. The number of nitrogens with zero attached hydrogens (tertiary/aromatic N) is 1. The van der Waals surface area contributed by atoms with Crippen LogP contribution in [0.25, 0.3) is 10.4 Å². The summed E-state index contributed by atoms with van der Waals surface area (Å²) in [6.07, 6.45) is 4.45. The van der Waals surface area contributed by atoms with Crippen molar-refractivity contribution < 1.29 is 19.1 Å². The van der Waals surface area contributed by atoms with Gasteiger partial charge in [-0.05, 0) is 63.8 Å². The summed E-state index contributed by atoms with van der Waals surface area (Å²) < 4.78 is 13.2. The topological polar surface area (TPSA) is 57.6 Å². The molecule has 0 aliphatic heterocycles. The van der Waals surface area contributed by atoms with Gasteiger partial charge in [0.2, 0.25) is 5.91 Å². The lowest BCUT2D eigenvalue weighted by molar-refractivity contribution is -0.123. The zero-order valence-corrected chi connectivity index (χ0v) is 17.1. The average molecular weight is 402 g/mol. The molecule has 6 heteroatoms. The van der Waals surface area contributed by atoms with E-state index in [1.807, 2.05) is 13.8 Å². The highest BCUT2D eigenvalue weighted by atomic mass is 32.1. The lowest BCUT2D eigenvalue weighted by atomic mass is 9.89. The van der Waals surface area contributed by atoms with Crippen LogP contribution in [0, 0.1) is 11.7 Å². The van der Waals surface area contributed by atoms with Crippen LogP contribution in [-0.4, -0.2) is 23.0 Å². The van der Waals surface area contributed by atoms with Gasteiger partial charge in [-0.2, -0.15) is 0 Å². The molecule has 28 heavy (non-hydrogen) atoms. The third kappa shape index (κ3) is 4.17. The third-order valence-electron chi connectivity index (χ3n) is 5.04. The van der Waals surface area contributed by atoms with E-state index < -0.39 is 5.97 Å². The smallest absolute Gasteiger partial charge is 0.348 e. The van der Waals surface area contributed by atoms with Gasteiger partial charge in [0.25, 0.3) is 0 Å². The largest absolute Gasteiger partial charge is 0.477 e. The number of thiophene rings is 1. The molecule has 0 fully saturated rings. The maximum Gasteiger partial charge on any atom is 0.348 e. The fourth-order valence-corrected chi connectivity index (χ4v) is 4.50. The monoisotopic (exact) mass is 401 g/mol. The number of aromatic carboxylic acids is 1. The number of hydrogen-bond donors (Lipinski definition) is 1.